The van der Waals surface area contributed by atoms with E-state index in [9.17, 15) is 19.7 Å². The third-order valence-corrected chi connectivity index (χ3v) is 4.73. The minimum atomic E-state index is -0.538. The zero-order chi connectivity index (χ0) is 21.1. The Balaban J connectivity index is 1.95. The maximum Gasteiger partial charge on any atom is 0.293 e. The maximum atomic E-state index is 12.8. The highest BCUT2D eigenvalue weighted by molar-refractivity contribution is 6.09. The fraction of sp³-hybridized carbons (Fsp3) is 0.250. The van der Waals surface area contributed by atoms with Crippen LogP contribution >= 0.6 is 0 Å². The van der Waals surface area contributed by atoms with Crippen molar-refractivity contribution in [1.82, 2.24) is 5.43 Å². The Kier molecular flexibility index (Phi) is 5.58. The van der Waals surface area contributed by atoms with E-state index in [-0.39, 0.29) is 35.5 Å². The summed E-state index contributed by atoms with van der Waals surface area (Å²) in [5.41, 5.74) is 3.80. The van der Waals surface area contributed by atoms with Gasteiger partial charge in [-0.3, -0.25) is 19.7 Å². The summed E-state index contributed by atoms with van der Waals surface area (Å²) in [4.78, 5) is 36.6. The van der Waals surface area contributed by atoms with Gasteiger partial charge in [-0.15, -0.1) is 0 Å². The quantitative estimate of drug-likeness (QED) is 0.616. The molecule has 0 radical (unpaired) electrons. The first-order valence-electron chi connectivity index (χ1n) is 8.89. The summed E-state index contributed by atoms with van der Waals surface area (Å²) < 4.78 is 5.08. The van der Waals surface area contributed by atoms with Crippen molar-refractivity contribution < 1.29 is 19.2 Å². The number of hydrogen-bond donors (Lipinski definition) is 1. The van der Waals surface area contributed by atoms with E-state index in [1.54, 1.807) is 30.3 Å². The van der Waals surface area contributed by atoms with Crippen LogP contribution in [0.3, 0.4) is 0 Å². The van der Waals surface area contributed by atoms with Crippen molar-refractivity contribution in [2.24, 2.45) is 11.0 Å². The number of methoxy groups -OCH3 is 1. The van der Waals surface area contributed by atoms with Gasteiger partial charge in [0.2, 0.25) is 5.91 Å². The molecule has 2 aromatic carbocycles. The Bertz CT molecular complexity index is 1000. The minimum Gasteiger partial charge on any atom is -0.497 e. The molecule has 3 rings (SSSR count). The number of rotatable bonds is 5. The first kappa shape index (κ1) is 20.0. The highest BCUT2D eigenvalue weighted by atomic mass is 16.6. The van der Waals surface area contributed by atoms with Crippen molar-refractivity contribution in [1.29, 1.82) is 0 Å². The third-order valence-electron chi connectivity index (χ3n) is 4.73. The van der Waals surface area contributed by atoms with Crippen LogP contribution in [0, 0.1) is 16.0 Å². The molecule has 1 aliphatic heterocycles. The highest BCUT2D eigenvalue weighted by Crippen LogP contribution is 2.31. The summed E-state index contributed by atoms with van der Waals surface area (Å²) in [6.07, 6.45) is 0.254. The normalized spacial score (nSPS) is 15.9. The Morgan fingerprint density at radius 1 is 1.28 bits per heavy atom. The number of carbonyl (C=O) groups excluding carboxylic acids is 2. The molecular formula is C20H20N4O5. The van der Waals surface area contributed by atoms with Crippen LogP contribution in [0.2, 0.25) is 0 Å². The molecule has 0 spiro atoms. The predicted octanol–water partition coefficient (Wildman–Crippen LogP) is 2.74. The molecule has 1 atom stereocenters. The van der Waals surface area contributed by atoms with Crippen molar-refractivity contribution in [2.75, 3.05) is 19.1 Å². The molecule has 0 saturated heterocycles. The van der Waals surface area contributed by atoms with Crippen molar-refractivity contribution in [2.45, 2.75) is 13.3 Å². The first-order valence-corrected chi connectivity index (χ1v) is 8.89. The van der Waals surface area contributed by atoms with E-state index < -0.39 is 4.92 Å². The smallest absolute Gasteiger partial charge is 0.293 e. The fourth-order valence-electron chi connectivity index (χ4n) is 3.15. The highest BCUT2D eigenvalue weighted by Gasteiger charge is 2.27. The Hall–Kier alpha value is -3.75. The maximum absolute atomic E-state index is 12.8. The van der Waals surface area contributed by atoms with E-state index in [1.165, 1.54) is 31.2 Å². The summed E-state index contributed by atoms with van der Waals surface area (Å²) in [6.45, 7) is 1.83. The van der Waals surface area contributed by atoms with Gasteiger partial charge < -0.3 is 9.64 Å². The molecule has 150 valence electrons. The average molecular weight is 396 g/mol. The van der Waals surface area contributed by atoms with Gasteiger partial charge in [-0.1, -0.05) is 13.0 Å². The molecule has 1 heterocycles. The molecule has 0 aromatic heterocycles. The van der Waals surface area contributed by atoms with Crippen LogP contribution in [-0.2, 0) is 4.79 Å². The molecule has 1 N–H and O–H groups in total. The zero-order valence-corrected chi connectivity index (χ0v) is 16.2. The van der Waals surface area contributed by atoms with Gasteiger partial charge in [-0.05, 0) is 30.3 Å². The van der Waals surface area contributed by atoms with E-state index in [2.05, 4.69) is 10.5 Å². The number of nitrogens with zero attached hydrogens (tertiary/aromatic N) is 3. The average Bonchev–Trinajstić information content (AvgIpc) is 2.72. The van der Waals surface area contributed by atoms with Gasteiger partial charge in [0, 0.05) is 36.6 Å². The summed E-state index contributed by atoms with van der Waals surface area (Å²) in [5, 5.41) is 15.7. The second-order valence-electron chi connectivity index (χ2n) is 6.69. The molecule has 0 aliphatic carbocycles. The molecule has 1 aliphatic rings. The van der Waals surface area contributed by atoms with E-state index in [1.807, 2.05) is 6.92 Å². The van der Waals surface area contributed by atoms with Gasteiger partial charge >= 0.3 is 0 Å². The summed E-state index contributed by atoms with van der Waals surface area (Å²) in [6, 6.07) is 11.0. The van der Waals surface area contributed by atoms with Gasteiger partial charge in [0.25, 0.3) is 11.6 Å². The van der Waals surface area contributed by atoms with Crippen molar-refractivity contribution in [3.05, 3.63) is 63.7 Å². The molecule has 1 unspecified atom stereocenters. The van der Waals surface area contributed by atoms with Crippen LogP contribution in [0.15, 0.2) is 47.6 Å². The second kappa shape index (κ2) is 8.09. The number of amides is 2. The molecule has 9 nitrogen and oxygen atoms in total. The predicted molar refractivity (Wildman–Crippen MR) is 107 cm³/mol. The van der Waals surface area contributed by atoms with Crippen LogP contribution in [0.4, 0.5) is 11.4 Å². The van der Waals surface area contributed by atoms with Crippen LogP contribution in [0.25, 0.3) is 0 Å². The number of ether oxygens (including phenoxy) is 1. The molecule has 0 bridgehead atoms. The Morgan fingerprint density at radius 2 is 1.97 bits per heavy atom. The lowest BCUT2D eigenvalue weighted by atomic mass is 9.93. The van der Waals surface area contributed by atoms with Crippen molar-refractivity contribution in [3.63, 3.8) is 0 Å². The zero-order valence-electron chi connectivity index (χ0n) is 16.2. The van der Waals surface area contributed by atoms with Crippen LogP contribution in [-0.4, -0.2) is 36.6 Å². The second-order valence-corrected chi connectivity index (χ2v) is 6.69. The van der Waals surface area contributed by atoms with Crippen LogP contribution in [0.1, 0.15) is 29.3 Å². The van der Waals surface area contributed by atoms with Crippen LogP contribution in [0.5, 0.6) is 5.75 Å². The molecule has 2 amide bonds. The fourth-order valence-corrected chi connectivity index (χ4v) is 3.15. The molecule has 0 fully saturated rings. The van der Waals surface area contributed by atoms with Gasteiger partial charge in [0.05, 0.1) is 17.7 Å². The minimum absolute atomic E-state index is 0.160. The van der Waals surface area contributed by atoms with Gasteiger partial charge in [0.15, 0.2) is 0 Å². The van der Waals surface area contributed by atoms with E-state index in [0.29, 0.717) is 22.6 Å². The lowest BCUT2D eigenvalue weighted by Crippen LogP contribution is -2.32. The molecule has 29 heavy (non-hydrogen) atoms. The number of anilines is 1. The lowest BCUT2D eigenvalue weighted by Gasteiger charge is -2.21. The van der Waals surface area contributed by atoms with Gasteiger partial charge in [0.1, 0.15) is 11.4 Å². The molecular weight excluding hydrogens is 376 g/mol. The van der Waals surface area contributed by atoms with Crippen molar-refractivity contribution in [3.8, 4) is 5.75 Å². The number of nitro groups is 1. The molecule has 0 saturated carbocycles. The van der Waals surface area contributed by atoms with Crippen LogP contribution < -0.4 is 15.1 Å². The van der Waals surface area contributed by atoms with E-state index in [4.69, 9.17) is 4.74 Å². The van der Waals surface area contributed by atoms with Gasteiger partial charge in [-0.2, -0.15) is 5.10 Å². The monoisotopic (exact) mass is 396 g/mol. The molecule has 9 heteroatoms. The number of carbonyl (C=O) groups is 2. The number of nitro benzene ring substituents is 1. The number of benzene rings is 2. The van der Waals surface area contributed by atoms with Crippen molar-refractivity contribution >= 4 is 28.9 Å². The lowest BCUT2D eigenvalue weighted by molar-refractivity contribution is -0.384. The number of nitrogens with one attached hydrogen (secondary N) is 1. The summed E-state index contributed by atoms with van der Waals surface area (Å²) in [5.74, 6) is -0.154. The first-order chi connectivity index (χ1) is 13.8. The topological polar surface area (TPSA) is 114 Å². The number of hydrogen-bond acceptors (Lipinski definition) is 6. The Labute approximate surface area is 167 Å². The largest absolute Gasteiger partial charge is 0.497 e. The number of hydrazone groups is 1. The SMILES string of the molecule is COc1ccc(C(=O)N(C)c2ccc(C3=NNC(=O)CC3C)cc2[N+](=O)[O-])cc1. The summed E-state index contributed by atoms with van der Waals surface area (Å²) in [7, 11) is 3.01. The van der Waals surface area contributed by atoms with Gasteiger partial charge in [-0.25, -0.2) is 5.43 Å². The Morgan fingerprint density at radius 3 is 2.55 bits per heavy atom. The third kappa shape index (κ3) is 4.08. The molecule has 2 aromatic rings. The standard InChI is InChI=1S/C20H20N4O5/c1-12-10-18(25)21-22-19(12)14-6-9-16(17(11-14)24(27)28)23(2)20(26)13-4-7-15(29-3)8-5-13/h4-9,11-12H,10H2,1-3H3,(H,21,25). The summed E-state index contributed by atoms with van der Waals surface area (Å²) >= 11 is 0. The van der Waals surface area contributed by atoms with E-state index >= 15 is 0 Å². The van der Waals surface area contributed by atoms with E-state index in [0.717, 1.165) is 0 Å².